The summed E-state index contributed by atoms with van der Waals surface area (Å²) in [6.07, 6.45) is 2.88. The first kappa shape index (κ1) is 8.28. The minimum atomic E-state index is 0.934. The van der Waals surface area contributed by atoms with Crippen LogP contribution in [0.25, 0.3) is 0 Å². The third kappa shape index (κ3) is 3.83. The Morgan fingerprint density at radius 3 is 2.33 bits per heavy atom. The largest absolute Gasteiger partial charge is 0.501 e. The van der Waals surface area contributed by atoms with Gasteiger partial charge in [-0.05, 0) is 13.0 Å². The number of rotatable bonds is 3. The first-order valence-electron chi connectivity index (χ1n) is 3.10. The zero-order valence-electron chi connectivity index (χ0n) is 6.40. The van der Waals surface area contributed by atoms with Crippen molar-refractivity contribution in [1.82, 2.24) is 0 Å². The van der Waals surface area contributed by atoms with E-state index in [4.69, 9.17) is 4.74 Å². The average Bonchev–Trinajstić information content (AvgIpc) is 1.82. The van der Waals surface area contributed by atoms with E-state index in [1.165, 1.54) is 0 Å². The van der Waals surface area contributed by atoms with E-state index >= 15 is 0 Å². The Labute approximate surface area is 57.0 Å². The fourth-order valence-corrected chi connectivity index (χ4v) is 0.580. The van der Waals surface area contributed by atoms with Gasteiger partial charge in [0.15, 0.2) is 0 Å². The molecule has 0 fully saturated rings. The van der Waals surface area contributed by atoms with Gasteiger partial charge in [-0.25, -0.2) is 0 Å². The molecule has 1 nitrogen and oxygen atoms in total. The first-order valence-corrected chi connectivity index (χ1v) is 3.10. The number of hydrogen-bond acceptors (Lipinski definition) is 1. The predicted molar refractivity (Wildman–Crippen MR) is 40.2 cm³/mol. The van der Waals surface area contributed by atoms with Gasteiger partial charge in [0.1, 0.15) is 0 Å². The molecule has 0 radical (unpaired) electrons. The lowest BCUT2D eigenvalue weighted by Gasteiger charge is -2.00. The monoisotopic (exact) mass is 126 g/mol. The molecule has 0 saturated carbocycles. The molecule has 52 valence electrons. The zero-order valence-corrected chi connectivity index (χ0v) is 6.40. The maximum atomic E-state index is 5.01. The van der Waals surface area contributed by atoms with Gasteiger partial charge in [0.25, 0.3) is 0 Å². The molecule has 0 amide bonds. The fraction of sp³-hybridized carbons (Fsp3) is 0.500. The molecule has 0 bridgehead atoms. The highest BCUT2D eigenvalue weighted by molar-refractivity contribution is 5.14. The van der Waals surface area contributed by atoms with Crippen molar-refractivity contribution in [3.05, 3.63) is 24.0 Å². The van der Waals surface area contributed by atoms with E-state index in [9.17, 15) is 0 Å². The predicted octanol–water partition coefficient (Wildman–Crippen LogP) is 2.50. The molecule has 0 N–H and O–H groups in total. The van der Waals surface area contributed by atoms with Crippen LogP contribution in [0.4, 0.5) is 0 Å². The molecule has 0 atom stereocenters. The molecule has 0 aromatic heterocycles. The van der Waals surface area contributed by atoms with Crippen molar-refractivity contribution in [2.45, 2.75) is 20.3 Å². The van der Waals surface area contributed by atoms with Crippen LogP contribution < -0.4 is 0 Å². The number of ether oxygens (including phenoxy) is 1. The summed E-state index contributed by atoms with van der Waals surface area (Å²) in [6.45, 7) is 7.74. The van der Waals surface area contributed by atoms with E-state index < -0.39 is 0 Å². The van der Waals surface area contributed by atoms with Gasteiger partial charge in [-0.3, -0.25) is 0 Å². The number of allylic oxidation sites excluding steroid dienone is 3. The highest BCUT2D eigenvalue weighted by atomic mass is 16.5. The van der Waals surface area contributed by atoms with E-state index in [1.807, 2.05) is 13.0 Å². The summed E-state index contributed by atoms with van der Waals surface area (Å²) in [6, 6.07) is 0. The highest BCUT2D eigenvalue weighted by Gasteiger charge is 1.88. The van der Waals surface area contributed by atoms with Gasteiger partial charge >= 0.3 is 0 Å². The third-order valence-electron chi connectivity index (χ3n) is 1.02. The molecule has 0 heterocycles. The van der Waals surface area contributed by atoms with Gasteiger partial charge in [0, 0.05) is 6.42 Å². The second-order valence-electron chi connectivity index (χ2n) is 2.01. The lowest BCUT2D eigenvalue weighted by molar-refractivity contribution is 0.280. The van der Waals surface area contributed by atoms with Crippen LogP contribution in [0.3, 0.4) is 0 Å². The average molecular weight is 126 g/mol. The smallest absolute Gasteiger partial charge is 0.0955 e. The summed E-state index contributed by atoms with van der Waals surface area (Å²) in [5.74, 6) is 0.988. The molecule has 0 unspecified atom stereocenters. The van der Waals surface area contributed by atoms with Crippen LogP contribution in [0.15, 0.2) is 24.0 Å². The molecule has 0 saturated heterocycles. The van der Waals surface area contributed by atoms with Crippen molar-refractivity contribution < 1.29 is 4.74 Å². The molecular weight excluding hydrogens is 112 g/mol. The molecular formula is C8H14O. The lowest BCUT2D eigenvalue weighted by Crippen LogP contribution is -1.83. The van der Waals surface area contributed by atoms with Gasteiger partial charge in [0.2, 0.25) is 0 Å². The van der Waals surface area contributed by atoms with Crippen molar-refractivity contribution in [2.75, 3.05) is 7.11 Å². The van der Waals surface area contributed by atoms with Crippen LogP contribution in [0.5, 0.6) is 0 Å². The Hall–Kier alpha value is -0.720. The molecule has 0 aliphatic carbocycles. The molecule has 0 aliphatic rings. The van der Waals surface area contributed by atoms with Crippen LogP contribution in [0, 0.1) is 0 Å². The molecule has 0 aliphatic heterocycles. The van der Waals surface area contributed by atoms with Gasteiger partial charge in [-0.1, -0.05) is 19.1 Å². The highest BCUT2D eigenvalue weighted by Crippen LogP contribution is 2.03. The standard InChI is InChI=1S/C8H14O/c1-5-8(9-4)6-7(2)3/h6H,2,5H2,1,3-4H3/b8-6-. The van der Waals surface area contributed by atoms with Gasteiger partial charge in [0.05, 0.1) is 12.9 Å². The van der Waals surface area contributed by atoms with E-state index in [2.05, 4.69) is 13.5 Å². The van der Waals surface area contributed by atoms with Crippen molar-refractivity contribution in [2.24, 2.45) is 0 Å². The topological polar surface area (TPSA) is 9.23 Å². The Kier molecular flexibility index (Phi) is 3.85. The van der Waals surface area contributed by atoms with Crippen molar-refractivity contribution in [3.8, 4) is 0 Å². The first-order chi connectivity index (χ1) is 4.20. The van der Waals surface area contributed by atoms with Gasteiger partial charge < -0.3 is 4.74 Å². The summed E-state index contributed by atoms with van der Waals surface area (Å²) >= 11 is 0. The lowest BCUT2D eigenvalue weighted by atomic mass is 10.2. The summed E-state index contributed by atoms with van der Waals surface area (Å²) in [7, 11) is 1.68. The maximum absolute atomic E-state index is 5.01. The minimum absolute atomic E-state index is 0.934. The van der Waals surface area contributed by atoms with Gasteiger partial charge in [-0.2, -0.15) is 0 Å². The molecule has 9 heavy (non-hydrogen) atoms. The van der Waals surface area contributed by atoms with E-state index in [0.717, 1.165) is 17.8 Å². The molecule has 0 spiro atoms. The minimum Gasteiger partial charge on any atom is -0.501 e. The molecule has 1 heteroatoms. The molecule has 0 aromatic carbocycles. The maximum Gasteiger partial charge on any atom is 0.0955 e. The van der Waals surface area contributed by atoms with Crippen molar-refractivity contribution in [3.63, 3.8) is 0 Å². The van der Waals surface area contributed by atoms with E-state index in [1.54, 1.807) is 7.11 Å². The Morgan fingerprint density at radius 2 is 2.22 bits per heavy atom. The second-order valence-corrected chi connectivity index (χ2v) is 2.01. The summed E-state index contributed by atoms with van der Waals surface area (Å²) in [5, 5.41) is 0. The van der Waals surface area contributed by atoms with Crippen LogP contribution in [0.2, 0.25) is 0 Å². The van der Waals surface area contributed by atoms with Crippen molar-refractivity contribution >= 4 is 0 Å². The SMILES string of the molecule is C=C(C)/C=C(/CC)OC. The summed E-state index contributed by atoms with van der Waals surface area (Å²) in [5.41, 5.74) is 1.04. The number of methoxy groups -OCH3 is 1. The zero-order chi connectivity index (χ0) is 7.28. The van der Waals surface area contributed by atoms with Crippen LogP contribution >= 0.6 is 0 Å². The van der Waals surface area contributed by atoms with E-state index in [0.29, 0.717) is 0 Å². The summed E-state index contributed by atoms with van der Waals surface area (Å²) in [4.78, 5) is 0. The van der Waals surface area contributed by atoms with Crippen LogP contribution in [0.1, 0.15) is 20.3 Å². The van der Waals surface area contributed by atoms with Gasteiger partial charge in [-0.15, -0.1) is 0 Å². The normalized spacial score (nSPS) is 11.2. The quantitative estimate of drug-likeness (QED) is 0.417. The third-order valence-corrected chi connectivity index (χ3v) is 1.02. The Bertz CT molecular complexity index is 117. The van der Waals surface area contributed by atoms with Crippen molar-refractivity contribution in [1.29, 1.82) is 0 Å². The van der Waals surface area contributed by atoms with E-state index in [-0.39, 0.29) is 0 Å². The van der Waals surface area contributed by atoms with Crippen LogP contribution in [-0.2, 0) is 4.74 Å². The molecule has 0 aromatic rings. The summed E-state index contributed by atoms with van der Waals surface area (Å²) < 4.78 is 5.01. The Balaban J connectivity index is 3.91. The molecule has 0 rings (SSSR count). The van der Waals surface area contributed by atoms with Crippen LogP contribution in [-0.4, -0.2) is 7.11 Å². The fourth-order valence-electron chi connectivity index (χ4n) is 0.580. The second kappa shape index (κ2) is 4.19. The Morgan fingerprint density at radius 1 is 1.67 bits per heavy atom. The number of hydrogen-bond donors (Lipinski definition) is 0.